The molecule has 0 aliphatic heterocycles. The molecule has 2 aromatic carbocycles. The number of hydrogen-bond donors (Lipinski definition) is 3. The van der Waals surface area contributed by atoms with E-state index in [4.69, 9.17) is 0 Å². The van der Waals surface area contributed by atoms with Crippen molar-refractivity contribution in [3.05, 3.63) is 75.7 Å². The summed E-state index contributed by atoms with van der Waals surface area (Å²) in [6.07, 6.45) is 4.22. The fraction of sp³-hybridized carbons (Fsp3) is 0.136. The number of amides is 1. The third kappa shape index (κ3) is 2.53. The van der Waals surface area contributed by atoms with Gasteiger partial charge in [-0.3, -0.25) is 14.4 Å². The third-order valence-corrected chi connectivity index (χ3v) is 5.38. The topological polar surface area (TPSA) is 94.8 Å². The number of hydrogen-bond acceptors (Lipinski definition) is 3. The smallest absolute Gasteiger partial charge is 0.296 e. The van der Waals surface area contributed by atoms with E-state index < -0.39 is 11.7 Å². The molecule has 0 spiro atoms. The number of aryl methyl sites for hydroxylation is 1. The van der Waals surface area contributed by atoms with Gasteiger partial charge in [0.1, 0.15) is 0 Å². The van der Waals surface area contributed by atoms with Crippen molar-refractivity contribution < 1.29 is 9.59 Å². The molecule has 0 radical (unpaired) electrons. The molecule has 2 heterocycles. The number of carbonyl (C=O) groups excluding carboxylic acids is 2. The Morgan fingerprint density at radius 1 is 0.929 bits per heavy atom. The monoisotopic (exact) mass is 371 g/mol. The van der Waals surface area contributed by atoms with Gasteiger partial charge in [0.2, 0.25) is 0 Å². The highest BCUT2D eigenvalue weighted by Gasteiger charge is 2.21. The van der Waals surface area contributed by atoms with Crippen LogP contribution in [0.15, 0.2) is 53.5 Å². The van der Waals surface area contributed by atoms with E-state index in [9.17, 15) is 14.4 Å². The molecule has 0 unspecified atom stereocenters. The summed E-state index contributed by atoms with van der Waals surface area (Å²) in [4.78, 5) is 43.2. The lowest BCUT2D eigenvalue weighted by Crippen LogP contribution is -2.22. The number of rotatable bonds is 3. The molecule has 6 nitrogen and oxygen atoms in total. The summed E-state index contributed by atoms with van der Waals surface area (Å²) in [7, 11) is 0. The van der Waals surface area contributed by atoms with Crippen LogP contribution < -0.4 is 10.9 Å². The van der Waals surface area contributed by atoms with Gasteiger partial charge in [0.15, 0.2) is 0 Å². The summed E-state index contributed by atoms with van der Waals surface area (Å²) >= 11 is 0. The molecule has 0 bridgehead atoms. The van der Waals surface area contributed by atoms with Gasteiger partial charge in [0.25, 0.3) is 17.2 Å². The predicted molar refractivity (Wildman–Crippen MR) is 108 cm³/mol. The van der Waals surface area contributed by atoms with Crippen molar-refractivity contribution in [2.24, 2.45) is 0 Å². The van der Waals surface area contributed by atoms with Crippen LogP contribution in [0.2, 0.25) is 0 Å². The minimum Gasteiger partial charge on any atom is -0.360 e. The highest BCUT2D eigenvalue weighted by atomic mass is 16.2. The van der Waals surface area contributed by atoms with Crippen molar-refractivity contribution in [3.63, 3.8) is 0 Å². The van der Waals surface area contributed by atoms with Crippen LogP contribution in [-0.2, 0) is 17.6 Å². The SMILES string of the molecule is O=C(Nc1ccc2c3c(c(=O)[nH]c2c1)CCC3)C(=O)c1c[nH]c2ccccc12. The van der Waals surface area contributed by atoms with Crippen LogP contribution in [0.3, 0.4) is 0 Å². The van der Waals surface area contributed by atoms with Gasteiger partial charge < -0.3 is 15.3 Å². The van der Waals surface area contributed by atoms with E-state index in [-0.39, 0.29) is 5.56 Å². The van der Waals surface area contributed by atoms with Crippen molar-refractivity contribution in [1.82, 2.24) is 9.97 Å². The van der Waals surface area contributed by atoms with Crippen LogP contribution in [0.25, 0.3) is 21.8 Å². The first-order chi connectivity index (χ1) is 13.6. The number of aromatic nitrogens is 2. The summed E-state index contributed by atoms with van der Waals surface area (Å²) in [5, 5.41) is 4.35. The zero-order valence-corrected chi connectivity index (χ0v) is 15.0. The van der Waals surface area contributed by atoms with Crippen molar-refractivity contribution in [2.75, 3.05) is 5.32 Å². The zero-order chi connectivity index (χ0) is 19.3. The summed E-state index contributed by atoms with van der Waals surface area (Å²) in [6, 6.07) is 12.7. The second-order valence-electron chi connectivity index (χ2n) is 7.06. The van der Waals surface area contributed by atoms with Crippen LogP contribution in [-0.4, -0.2) is 21.7 Å². The number of pyridine rings is 1. The van der Waals surface area contributed by atoms with Crippen LogP contribution in [0.1, 0.15) is 27.9 Å². The van der Waals surface area contributed by atoms with Gasteiger partial charge in [0, 0.05) is 33.7 Å². The summed E-state index contributed by atoms with van der Waals surface area (Å²) in [6.45, 7) is 0. The number of fused-ring (bicyclic) bond motifs is 4. The average molecular weight is 371 g/mol. The molecule has 3 N–H and O–H groups in total. The number of aromatic amines is 2. The van der Waals surface area contributed by atoms with E-state index in [0.717, 1.165) is 41.3 Å². The molecular weight excluding hydrogens is 354 g/mol. The number of nitrogens with one attached hydrogen (secondary N) is 3. The minimum atomic E-state index is -0.715. The Labute approximate surface area is 159 Å². The van der Waals surface area contributed by atoms with Gasteiger partial charge in [-0.05, 0) is 43.0 Å². The molecule has 0 saturated carbocycles. The number of para-hydroxylation sites is 1. The van der Waals surface area contributed by atoms with E-state index >= 15 is 0 Å². The minimum absolute atomic E-state index is 0.0710. The maximum absolute atomic E-state index is 12.6. The third-order valence-electron chi connectivity index (χ3n) is 5.38. The number of carbonyl (C=O) groups is 2. The van der Waals surface area contributed by atoms with Gasteiger partial charge in [-0.15, -0.1) is 0 Å². The Hall–Kier alpha value is -3.67. The maximum atomic E-state index is 12.6. The van der Waals surface area contributed by atoms with E-state index in [0.29, 0.717) is 22.2 Å². The van der Waals surface area contributed by atoms with Gasteiger partial charge in [-0.25, -0.2) is 0 Å². The number of anilines is 1. The molecular formula is C22H17N3O3. The first-order valence-corrected chi connectivity index (χ1v) is 9.21. The van der Waals surface area contributed by atoms with Crippen molar-refractivity contribution in [1.29, 1.82) is 0 Å². The highest BCUT2D eigenvalue weighted by Crippen LogP contribution is 2.28. The van der Waals surface area contributed by atoms with Gasteiger partial charge in [-0.1, -0.05) is 24.3 Å². The molecule has 1 aliphatic carbocycles. The summed E-state index contributed by atoms with van der Waals surface area (Å²) < 4.78 is 0. The highest BCUT2D eigenvalue weighted by molar-refractivity contribution is 6.48. The second kappa shape index (κ2) is 6.20. The molecule has 0 fully saturated rings. The van der Waals surface area contributed by atoms with Gasteiger partial charge in [-0.2, -0.15) is 0 Å². The molecule has 6 heteroatoms. The Balaban J connectivity index is 1.46. The summed E-state index contributed by atoms with van der Waals surface area (Å²) in [5.74, 6) is -1.33. The van der Waals surface area contributed by atoms with E-state index in [1.54, 1.807) is 24.4 Å². The molecule has 2 aromatic heterocycles. The fourth-order valence-electron chi connectivity index (χ4n) is 4.05. The lowest BCUT2D eigenvalue weighted by atomic mass is 10.0. The maximum Gasteiger partial charge on any atom is 0.296 e. The number of benzene rings is 2. The fourth-order valence-corrected chi connectivity index (χ4v) is 4.05. The van der Waals surface area contributed by atoms with Crippen LogP contribution >= 0.6 is 0 Å². The lowest BCUT2D eigenvalue weighted by Gasteiger charge is -2.08. The quantitative estimate of drug-likeness (QED) is 0.381. The Kier molecular flexibility index (Phi) is 3.65. The first-order valence-electron chi connectivity index (χ1n) is 9.21. The Morgan fingerprint density at radius 3 is 2.64 bits per heavy atom. The standard InChI is InChI=1S/C22H17N3O3/c26-20(17-11-23-18-7-2-1-4-14(17)18)22(28)24-12-8-9-15-13-5-3-6-16(13)21(27)25-19(15)10-12/h1-2,4,7-11,23H,3,5-6H2,(H,24,28)(H,25,27). The van der Waals surface area contributed by atoms with Crippen molar-refractivity contribution in [2.45, 2.75) is 19.3 Å². The normalized spacial score (nSPS) is 13.0. The number of H-pyrrole nitrogens is 2. The van der Waals surface area contributed by atoms with Gasteiger partial charge in [0.05, 0.1) is 11.1 Å². The Morgan fingerprint density at radius 2 is 1.75 bits per heavy atom. The average Bonchev–Trinajstić information content (AvgIpc) is 3.35. The van der Waals surface area contributed by atoms with E-state index in [2.05, 4.69) is 15.3 Å². The zero-order valence-electron chi connectivity index (χ0n) is 15.0. The van der Waals surface area contributed by atoms with Gasteiger partial charge >= 0.3 is 0 Å². The van der Waals surface area contributed by atoms with Crippen LogP contribution in [0.4, 0.5) is 5.69 Å². The number of Topliss-reactive ketones (excluding diaryl/α,β-unsaturated/α-hetero) is 1. The predicted octanol–water partition coefficient (Wildman–Crippen LogP) is 3.32. The van der Waals surface area contributed by atoms with Crippen molar-refractivity contribution >= 4 is 39.2 Å². The Bertz CT molecular complexity index is 1330. The second-order valence-corrected chi connectivity index (χ2v) is 7.06. The first kappa shape index (κ1) is 16.5. The molecule has 0 saturated heterocycles. The van der Waals surface area contributed by atoms with Crippen LogP contribution in [0, 0.1) is 0 Å². The lowest BCUT2D eigenvalue weighted by molar-refractivity contribution is -0.112. The molecule has 0 atom stereocenters. The molecule has 28 heavy (non-hydrogen) atoms. The largest absolute Gasteiger partial charge is 0.360 e. The molecule has 5 rings (SSSR count). The van der Waals surface area contributed by atoms with E-state index in [1.165, 1.54) is 0 Å². The molecule has 1 amide bonds. The number of ketones is 1. The molecule has 138 valence electrons. The molecule has 4 aromatic rings. The van der Waals surface area contributed by atoms with E-state index in [1.807, 2.05) is 24.3 Å². The van der Waals surface area contributed by atoms with Crippen molar-refractivity contribution in [3.8, 4) is 0 Å². The summed E-state index contributed by atoms with van der Waals surface area (Å²) in [5.41, 5.74) is 4.15. The molecule has 1 aliphatic rings. The van der Waals surface area contributed by atoms with Crippen LogP contribution in [0.5, 0.6) is 0 Å².